The normalized spacial score (nSPS) is 14.3. The van der Waals surface area contributed by atoms with Gasteiger partial charge in [0.1, 0.15) is 0 Å². The summed E-state index contributed by atoms with van der Waals surface area (Å²) in [7, 11) is 0. The van der Waals surface area contributed by atoms with Crippen molar-refractivity contribution in [2.75, 3.05) is 0 Å². The Morgan fingerprint density at radius 3 is 1.26 bits per heavy atom. The summed E-state index contributed by atoms with van der Waals surface area (Å²) in [5.74, 6) is 1.77. The van der Waals surface area contributed by atoms with Gasteiger partial charge >= 0.3 is 238 Å². The van der Waals surface area contributed by atoms with Crippen molar-refractivity contribution in [3.05, 3.63) is 151 Å². The van der Waals surface area contributed by atoms with Crippen molar-refractivity contribution in [1.82, 2.24) is 0 Å². The summed E-state index contributed by atoms with van der Waals surface area (Å²) < 4.78 is 17.4. The van der Waals surface area contributed by atoms with Gasteiger partial charge in [-0.05, 0) is 0 Å². The van der Waals surface area contributed by atoms with E-state index in [0.29, 0.717) is 0 Å². The molecule has 4 aromatic rings. The van der Waals surface area contributed by atoms with E-state index in [4.69, 9.17) is 5.63 Å². The number of hydrogen-bond acceptors (Lipinski definition) is 2. The molecule has 0 N–H and O–H groups in total. The summed E-state index contributed by atoms with van der Waals surface area (Å²) in [6.45, 7) is 4.31. The summed E-state index contributed by atoms with van der Waals surface area (Å²) in [6, 6.07) is 33.9. The maximum absolute atomic E-state index is 7.41. The fourth-order valence-corrected chi connectivity index (χ4v) is 13.7. The molecule has 0 unspecified atom stereocenters. The third-order valence-corrected chi connectivity index (χ3v) is 16.0. The van der Waals surface area contributed by atoms with E-state index < -0.39 is 21.1 Å². The van der Waals surface area contributed by atoms with E-state index >= 15 is 0 Å². The Kier molecular flexibility index (Phi) is 7.35. The van der Waals surface area contributed by atoms with Gasteiger partial charge in [-0.1, -0.05) is 0 Å². The van der Waals surface area contributed by atoms with Crippen LogP contribution in [-0.2, 0) is 21.1 Å². The molecule has 2 aliphatic rings. The first-order chi connectivity index (χ1) is 19.2. The van der Waals surface area contributed by atoms with E-state index in [9.17, 15) is 0 Å². The van der Waals surface area contributed by atoms with E-state index in [1.807, 2.05) is 0 Å². The fraction of sp³-hybridized carbons (Fsp3) is 0.111. The molecule has 4 aromatic carbocycles. The number of allylic oxidation sites excluding steroid dienone is 8. The Bertz CT molecular complexity index is 1520. The molecule has 0 aromatic heterocycles. The number of para-hydroxylation sites is 2. The van der Waals surface area contributed by atoms with Gasteiger partial charge in [-0.2, -0.15) is 0 Å². The number of aryl methyl sites for hydroxylation is 2. The minimum absolute atomic E-state index is 0.854. The van der Waals surface area contributed by atoms with Crippen molar-refractivity contribution < 1.29 is 26.8 Å². The fourth-order valence-electron chi connectivity index (χ4n) is 5.49. The van der Waals surface area contributed by atoms with Crippen molar-refractivity contribution in [3.63, 3.8) is 0 Å². The number of rotatable bonds is 8. The molecule has 0 radical (unpaired) electrons. The molecule has 2 aliphatic carbocycles. The van der Waals surface area contributed by atoms with Gasteiger partial charge in [-0.3, -0.25) is 0 Å². The van der Waals surface area contributed by atoms with Gasteiger partial charge in [0, 0.05) is 0 Å². The topological polar surface area (TPSA) is 18.5 Å². The summed E-state index contributed by atoms with van der Waals surface area (Å²) >= 11 is -4.24. The first-order valence-corrected chi connectivity index (χ1v) is 18.0. The van der Waals surface area contributed by atoms with E-state index in [0.717, 1.165) is 35.5 Å². The van der Waals surface area contributed by atoms with Crippen LogP contribution in [-0.4, -0.2) is 0 Å². The van der Waals surface area contributed by atoms with Crippen molar-refractivity contribution in [3.8, 4) is 33.8 Å². The molecular weight excluding hydrogens is 556 g/mol. The molecule has 0 aliphatic heterocycles. The Hall–Kier alpha value is -3.68. The second-order valence-corrected chi connectivity index (χ2v) is 17.3. The summed E-state index contributed by atoms with van der Waals surface area (Å²) in [5, 5.41) is 0. The summed E-state index contributed by atoms with van der Waals surface area (Å²) in [4.78, 5) is 0. The van der Waals surface area contributed by atoms with E-state index in [1.54, 1.807) is 0 Å². The van der Waals surface area contributed by atoms with Crippen LogP contribution in [0.25, 0.3) is 22.3 Å². The average Bonchev–Trinajstić information content (AvgIpc) is 3.70. The molecule has 192 valence electrons. The molecule has 0 spiro atoms. The van der Waals surface area contributed by atoms with Gasteiger partial charge in [0.2, 0.25) is 0 Å². The maximum atomic E-state index is 7.41. The second-order valence-electron chi connectivity index (χ2n) is 10.1. The molecule has 3 heteroatoms. The number of benzene rings is 4. The monoisotopic (exact) mass is 586 g/mol. The van der Waals surface area contributed by atoms with Crippen LogP contribution in [0.1, 0.15) is 24.0 Å². The molecule has 0 saturated heterocycles. The predicted molar refractivity (Wildman–Crippen MR) is 158 cm³/mol. The quantitative estimate of drug-likeness (QED) is 0.204. The van der Waals surface area contributed by atoms with Crippen LogP contribution in [0.15, 0.2) is 140 Å². The standard InChI is InChI=1S/2C13H12O.2C5H5.Zr/c2*1-10-6-2-3-7-11(10)12-8-4-5-9-13(12)14;2*1-2-4-5-3-1;/h2*2-9,14H,1H3;2*1-3H,4H2;/q;;;;+2/p-2. The molecule has 0 saturated carbocycles. The van der Waals surface area contributed by atoms with Crippen LogP contribution in [0, 0.1) is 13.8 Å². The van der Waals surface area contributed by atoms with Crippen molar-refractivity contribution in [2.24, 2.45) is 0 Å². The minimum atomic E-state index is -4.24. The van der Waals surface area contributed by atoms with Crippen LogP contribution in [0.5, 0.6) is 11.5 Å². The Morgan fingerprint density at radius 2 is 0.872 bits per heavy atom. The third kappa shape index (κ3) is 5.04. The van der Waals surface area contributed by atoms with Gasteiger partial charge in [-0.15, -0.1) is 0 Å². The van der Waals surface area contributed by atoms with Crippen LogP contribution >= 0.6 is 0 Å². The van der Waals surface area contributed by atoms with Crippen molar-refractivity contribution in [2.45, 2.75) is 26.7 Å². The van der Waals surface area contributed by atoms with Gasteiger partial charge in [-0.25, -0.2) is 0 Å². The first-order valence-electron chi connectivity index (χ1n) is 13.6. The van der Waals surface area contributed by atoms with Gasteiger partial charge in [0.05, 0.1) is 0 Å². The Balaban J connectivity index is 1.52. The molecule has 39 heavy (non-hydrogen) atoms. The molecule has 0 amide bonds. The SMILES string of the molecule is Cc1ccccc1-c1ccccc1[O][Zr]([O]c1ccccc1-c1ccccc1C)([C]1=CC=CC1)[C]1=CC=CC1. The zero-order valence-corrected chi connectivity index (χ0v) is 24.9. The van der Waals surface area contributed by atoms with Crippen LogP contribution in [0.2, 0.25) is 0 Å². The molecule has 6 rings (SSSR count). The van der Waals surface area contributed by atoms with Gasteiger partial charge < -0.3 is 0 Å². The molecule has 2 nitrogen and oxygen atoms in total. The van der Waals surface area contributed by atoms with Crippen LogP contribution in [0.3, 0.4) is 0 Å². The van der Waals surface area contributed by atoms with Crippen LogP contribution in [0.4, 0.5) is 0 Å². The third-order valence-electron chi connectivity index (χ3n) is 7.54. The summed E-state index contributed by atoms with van der Waals surface area (Å²) in [5.41, 5.74) is 7.03. The Labute approximate surface area is 237 Å². The molecule has 0 bridgehead atoms. The van der Waals surface area contributed by atoms with Gasteiger partial charge in [0.25, 0.3) is 0 Å². The zero-order valence-electron chi connectivity index (χ0n) is 22.4. The first kappa shape index (κ1) is 25.6. The average molecular weight is 588 g/mol. The molecule has 0 atom stereocenters. The summed E-state index contributed by atoms with van der Waals surface area (Å²) in [6.07, 6.45) is 14.9. The van der Waals surface area contributed by atoms with E-state index in [-0.39, 0.29) is 0 Å². The molecular formula is C36H32O2Zr. The zero-order chi connectivity index (χ0) is 26.7. The van der Waals surface area contributed by atoms with Crippen molar-refractivity contribution >= 4 is 0 Å². The van der Waals surface area contributed by atoms with E-state index in [1.165, 1.54) is 28.8 Å². The second kappa shape index (κ2) is 11.2. The van der Waals surface area contributed by atoms with E-state index in [2.05, 4.69) is 147 Å². The van der Waals surface area contributed by atoms with Gasteiger partial charge in [0.15, 0.2) is 0 Å². The molecule has 0 heterocycles. The van der Waals surface area contributed by atoms with Crippen LogP contribution < -0.4 is 5.63 Å². The molecule has 0 fully saturated rings. The Morgan fingerprint density at radius 1 is 0.487 bits per heavy atom. The predicted octanol–water partition coefficient (Wildman–Crippen LogP) is 9.77. The van der Waals surface area contributed by atoms with Crippen molar-refractivity contribution in [1.29, 1.82) is 0 Å². The number of hydrogen-bond donors (Lipinski definition) is 0.